The van der Waals surface area contributed by atoms with E-state index in [1.165, 1.54) is 36.6 Å². The standard InChI is InChI=1S/C18H25N3/c1-21(18-7-3-2-5-16(18)12-19)13-14-8-9-17-15(11-14)6-4-10-20-17/h4,6,8-11,16,18H,2-3,5,7,12-13,19H2,1H3. The van der Waals surface area contributed by atoms with Crippen LogP contribution in [-0.2, 0) is 6.54 Å². The molecule has 0 bridgehead atoms. The Hall–Kier alpha value is -1.45. The van der Waals surface area contributed by atoms with Gasteiger partial charge >= 0.3 is 0 Å². The smallest absolute Gasteiger partial charge is 0.0702 e. The van der Waals surface area contributed by atoms with Crippen molar-refractivity contribution in [3.05, 3.63) is 42.1 Å². The van der Waals surface area contributed by atoms with Gasteiger partial charge in [0.2, 0.25) is 0 Å². The first-order valence-corrected chi connectivity index (χ1v) is 8.02. The number of pyridine rings is 1. The Kier molecular flexibility index (Phi) is 4.51. The predicted octanol–water partition coefficient (Wildman–Crippen LogP) is 3.18. The van der Waals surface area contributed by atoms with Gasteiger partial charge in [-0.2, -0.15) is 0 Å². The number of nitrogens with two attached hydrogens (primary N) is 1. The van der Waals surface area contributed by atoms with Crippen molar-refractivity contribution in [2.75, 3.05) is 13.6 Å². The van der Waals surface area contributed by atoms with E-state index in [9.17, 15) is 0 Å². The van der Waals surface area contributed by atoms with E-state index in [2.05, 4.69) is 41.2 Å². The first-order chi connectivity index (χ1) is 10.3. The summed E-state index contributed by atoms with van der Waals surface area (Å²) in [6.45, 7) is 1.81. The van der Waals surface area contributed by atoms with Gasteiger partial charge in [-0.15, -0.1) is 0 Å². The molecule has 0 saturated heterocycles. The third kappa shape index (κ3) is 3.25. The molecule has 2 atom stereocenters. The molecule has 2 unspecified atom stereocenters. The molecule has 1 aromatic heterocycles. The van der Waals surface area contributed by atoms with Crippen LogP contribution in [0.25, 0.3) is 10.9 Å². The summed E-state index contributed by atoms with van der Waals surface area (Å²) < 4.78 is 0. The molecule has 2 aromatic rings. The molecule has 3 heteroatoms. The summed E-state index contributed by atoms with van der Waals surface area (Å²) >= 11 is 0. The lowest BCUT2D eigenvalue weighted by molar-refractivity contribution is 0.127. The van der Waals surface area contributed by atoms with Crippen molar-refractivity contribution in [2.24, 2.45) is 11.7 Å². The Bertz CT molecular complexity index is 596. The predicted molar refractivity (Wildman–Crippen MR) is 88.0 cm³/mol. The molecule has 112 valence electrons. The second kappa shape index (κ2) is 6.54. The summed E-state index contributed by atoms with van der Waals surface area (Å²) in [5.41, 5.74) is 8.40. The van der Waals surface area contributed by atoms with E-state index in [0.717, 1.165) is 18.6 Å². The molecule has 3 rings (SSSR count). The maximum atomic E-state index is 5.96. The lowest BCUT2D eigenvalue weighted by Crippen LogP contribution is -2.42. The molecule has 2 N–H and O–H groups in total. The van der Waals surface area contributed by atoms with Gasteiger partial charge in [-0.25, -0.2) is 0 Å². The van der Waals surface area contributed by atoms with Gasteiger partial charge in [0, 0.05) is 24.2 Å². The topological polar surface area (TPSA) is 42.2 Å². The van der Waals surface area contributed by atoms with E-state index in [1.807, 2.05) is 12.3 Å². The minimum absolute atomic E-state index is 0.633. The van der Waals surface area contributed by atoms with E-state index in [0.29, 0.717) is 12.0 Å². The van der Waals surface area contributed by atoms with Crippen LogP contribution in [-0.4, -0.2) is 29.5 Å². The number of rotatable bonds is 4. The maximum Gasteiger partial charge on any atom is 0.0702 e. The van der Waals surface area contributed by atoms with Crippen LogP contribution in [0.15, 0.2) is 36.5 Å². The monoisotopic (exact) mass is 283 g/mol. The number of hydrogen-bond acceptors (Lipinski definition) is 3. The third-order valence-electron chi connectivity index (χ3n) is 4.84. The van der Waals surface area contributed by atoms with Crippen molar-refractivity contribution < 1.29 is 0 Å². The summed E-state index contributed by atoms with van der Waals surface area (Å²) in [5.74, 6) is 0.658. The molecule has 0 aliphatic heterocycles. The highest BCUT2D eigenvalue weighted by Crippen LogP contribution is 2.28. The molecule has 21 heavy (non-hydrogen) atoms. The fourth-order valence-electron chi connectivity index (χ4n) is 3.67. The average molecular weight is 283 g/mol. The summed E-state index contributed by atoms with van der Waals surface area (Å²) in [7, 11) is 2.24. The number of aromatic nitrogens is 1. The van der Waals surface area contributed by atoms with Crippen LogP contribution in [0.5, 0.6) is 0 Å². The quantitative estimate of drug-likeness (QED) is 0.937. The Morgan fingerprint density at radius 1 is 1.24 bits per heavy atom. The van der Waals surface area contributed by atoms with Gasteiger partial charge in [-0.1, -0.05) is 25.0 Å². The van der Waals surface area contributed by atoms with Gasteiger partial charge < -0.3 is 5.73 Å². The van der Waals surface area contributed by atoms with Crippen LogP contribution in [0.4, 0.5) is 0 Å². The highest BCUT2D eigenvalue weighted by Gasteiger charge is 2.27. The Labute approximate surface area is 127 Å². The number of hydrogen-bond donors (Lipinski definition) is 1. The molecule has 1 saturated carbocycles. The van der Waals surface area contributed by atoms with E-state index in [1.54, 1.807) is 0 Å². The van der Waals surface area contributed by atoms with Gasteiger partial charge in [-0.05, 0) is 56.1 Å². The highest BCUT2D eigenvalue weighted by molar-refractivity contribution is 5.78. The van der Waals surface area contributed by atoms with Crippen molar-refractivity contribution in [2.45, 2.75) is 38.3 Å². The molecular weight excluding hydrogens is 258 g/mol. The second-order valence-electron chi connectivity index (χ2n) is 6.29. The molecule has 3 nitrogen and oxygen atoms in total. The van der Waals surface area contributed by atoms with Crippen LogP contribution < -0.4 is 5.73 Å². The van der Waals surface area contributed by atoms with Crippen molar-refractivity contribution in [1.29, 1.82) is 0 Å². The van der Waals surface area contributed by atoms with Gasteiger partial charge in [-0.3, -0.25) is 9.88 Å². The number of fused-ring (bicyclic) bond motifs is 1. The molecule has 1 fully saturated rings. The average Bonchev–Trinajstić information content (AvgIpc) is 2.54. The zero-order valence-corrected chi connectivity index (χ0v) is 12.8. The molecule has 0 spiro atoms. The summed E-state index contributed by atoms with van der Waals surface area (Å²) in [6.07, 6.45) is 7.10. The SMILES string of the molecule is CN(Cc1ccc2ncccc2c1)C1CCCCC1CN. The first kappa shape index (κ1) is 14.5. The Morgan fingerprint density at radius 3 is 2.95 bits per heavy atom. The minimum Gasteiger partial charge on any atom is -0.330 e. The Morgan fingerprint density at radius 2 is 2.10 bits per heavy atom. The summed E-state index contributed by atoms with van der Waals surface area (Å²) in [6, 6.07) is 11.4. The fraction of sp³-hybridized carbons (Fsp3) is 0.500. The lowest BCUT2D eigenvalue weighted by atomic mass is 9.83. The second-order valence-corrected chi connectivity index (χ2v) is 6.29. The normalized spacial score (nSPS) is 22.8. The van der Waals surface area contributed by atoms with Crippen molar-refractivity contribution in [3.8, 4) is 0 Å². The highest BCUT2D eigenvalue weighted by atomic mass is 15.1. The van der Waals surface area contributed by atoms with E-state index in [4.69, 9.17) is 5.73 Å². The van der Waals surface area contributed by atoms with Crippen LogP contribution in [0, 0.1) is 5.92 Å². The lowest BCUT2D eigenvalue weighted by Gasteiger charge is -2.37. The number of nitrogens with zero attached hydrogens (tertiary/aromatic N) is 2. The van der Waals surface area contributed by atoms with Crippen LogP contribution in [0.1, 0.15) is 31.2 Å². The van der Waals surface area contributed by atoms with E-state index in [-0.39, 0.29) is 0 Å². The molecule has 1 aliphatic rings. The van der Waals surface area contributed by atoms with Gasteiger partial charge in [0.15, 0.2) is 0 Å². The van der Waals surface area contributed by atoms with Crippen LogP contribution in [0.3, 0.4) is 0 Å². The summed E-state index contributed by atoms with van der Waals surface area (Å²) in [5, 5.41) is 1.22. The summed E-state index contributed by atoms with van der Waals surface area (Å²) in [4.78, 5) is 6.88. The molecule has 0 radical (unpaired) electrons. The van der Waals surface area contributed by atoms with Gasteiger partial charge in [0.1, 0.15) is 0 Å². The Balaban J connectivity index is 1.74. The molecule has 1 aromatic carbocycles. The zero-order valence-electron chi connectivity index (χ0n) is 12.8. The molecular formula is C18H25N3. The minimum atomic E-state index is 0.633. The zero-order chi connectivity index (χ0) is 14.7. The molecule has 0 amide bonds. The fourth-order valence-corrected chi connectivity index (χ4v) is 3.67. The first-order valence-electron chi connectivity index (χ1n) is 8.02. The van der Waals surface area contributed by atoms with Crippen LogP contribution in [0.2, 0.25) is 0 Å². The van der Waals surface area contributed by atoms with Crippen LogP contribution >= 0.6 is 0 Å². The van der Waals surface area contributed by atoms with Gasteiger partial charge in [0.25, 0.3) is 0 Å². The van der Waals surface area contributed by atoms with Gasteiger partial charge in [0.05, 0.1) is 5.52 Å². The van der Waals surface area contributed by atoms with Crippen molar-refractivity contribution in [1.82, 2.24) is 9.88 Å². The largest absolute Gasteiger partial charge is 0.330 e. The number of benzene rings is 1. The van der Waals surface area contributed by atoms with Crippen molar-refractivity contribution >= 4 is 10.9 Å². The van der Waals surface area contributed by atoms with E-state index >= 15 is 0 Å². The molecule has 1 heterocycles. The van der Waals surface area contributed by atoms with E-state index < -0.39 is 0 Å². The maximum absolute atomic E-state index is 5.96. The molecule has 1 aliphatic carbocycles. The van der Waals surface area contributed by atoms with Crippen molar-refractivity contribution in [3.63, 3.8) is 0 Å². The third-order valence-corrected chi connectivity index (χ3v) is 4.84.